The van der Waals surface area contributed by atoms with Crippen LogP contribution >= 0.6 is 15.9 Å². The van der Waals surface area contributed by atoms with Gasteiger partial charge in [-0.15, -0.1) is 0 Å². The molecule has 0 spiro atoms. The van der Waals surface area contributed by atoms with E-state index in [0.717, 1.165) is 10.0 Å². The molecule has 0 radical (unpaired) electrons. The van der Waals surface area contributed by atoms with Crippen molar-refractivity contribution in [3.05, 3.63) is 22.2 Å². The summed E-state index contributed by atoms with van der Waals surface area (Å²) >= 11 is 3.37. The summed E-state index contributed by atoms with van der Waals surface area (Å²) in [6, 6.07) is 3.71. The predicted octanol–water partition coefficient (Wildman–Crippen LogP) is 2.48. The Morgan fingerprint density at radius 2 is 2.24 bits per heavy atom. The van der Waals surface area contributed by atoms with Crippen LogP contribution in [0, 0.1) is 6.92 Å². The number of carbonyl (C=O) groups excluding carboxylic acids is 1. The Morgan fingerprint density at radius 3 is 2.82 bits per heavy atom. The average Bonchev–Trinajstić information content (AvgIpc) is 2.29. The topological polar surface area (TPSA) is 58.6 Å². The molecule has 2 N–H and O–H groups in total. The molecule has 4 nitrogen and oxygen atoms in total. The molecule has 1 amide bonds. The maximum Gasteiger partial charge on any atom is 0.224 e. The third kappa shape index (κ3) is 4.02. The van der Waals surface area contributed by atoms with E-state index in [1.54, 1.807) is 13.2 Å². The zero-order valence-corrected chi connectivity index (χ0v) is 11.5. The van der Waals surface area contributed by atoms with E-state index in [0.29, 0.717) is 24.3 Å². The van der Waals surface area contributed by atoms with Gasteiger partial charge in [-0.1, -0.05) is 15.9 Å². The van der Waals surface area contributed by atoms with Crippen LogP contribution in [-0.2, 0) is 4.79 Å². The number of ether oxygens (including phenoxy) is 1. The predicted molar refractivity (Wildman–Crippen MR) is 70.4 cm³/mol. The summed E-state index contributed by atoms with van der Waals surface area (Å²) in [6.45, 7) is 1.92. The van der Waals surface area contributed by atoms with Crippen LogP contribution in [0.2, 0.25) is 0 Å². The molecule has 0 bridgehead atoms. The van der Waals surface area contributed by atoms with Crippen LogP contribution in [0.3, 0.4) is 0 Å². The number of hydrogen-bond donors (Lipinski definition) is 2. The molecule has 0 saturated heterocycles. The summed E-state index contributed by atoms with van der Waals surface area (Å²) in [5, 5.41) is 11.5. The minimum Gasteiger partial charge on any atom is -0.495 e. The average molecular weight is 302 g/mol. The molecular weight excluding hydrogens is 286 g/mol. The van der Waals surface area contributed by atoms with Gasteiger partial charge in [0.15, 0.2) is 0 Å². The number of nitrogens with one attached hydrogen (secondary N) is 1. The van der Waals surface area contributed by atoms with Crippen molar-refractivity contribution in [2.45, 2.75) is 19.8 Å². The van der Waals surface area contributed by atoms with Crippen molar-refractivity contribution in [1.82, 2.24) is 0 Å². The highest BCUT2D eigenvalue weighted by atomic mass is 79.9. The highest BCUT2D eigenvalue weighted by Gasteiger charge is 2.11. The number of benzene rings is 1. The van der Waals surface area contributed by atoms with E-state index in [1.807, 2.05) is 13.0 Å². The number of aliphatic hydroxyl groups excluding tert-OH is 1. The van der Waals surface area contributed by atoms with Crippen molar-refractivity contribution in [2.75, 3.05) is 19.0 Å². The van der Waals surface area contributed by atoms with Crippen LogP contribution in [0.1, 0.15) is 18.4 Å². The van der Waals surface area contributed by atoms with Gasteiger partial charge in [-0.2, -0.15) is 0 Å². The van der Waals surface area contributed by atoms with E-state index in [2.05, 4.69) is 21.2 Å². The van der Waals surface area contributed by atoms with Crippen molar-refractivity contribution < 1.29 is 14.6 Å². The quantitative estimate of drug-likeness (QED) is 0.878. The van der Waals surface area contributed by atoms with Gasteiger partial charge >= 0.3 is 0 Å². The van der Waals surface area contributed by atoms with Crippen LogP contribution in [-0.4, -0.2) is 24.7 Å². The van der Waals surface area contributed by atoms with Crippen LogP contribution < -0.4 is 10.1 Å². The molecule has 0 aliphatic rings. The third-order valence-corrected chi connectivity index (χ3v) is 2.77. The van der Waals surface area contributed by atoms with E-state index in [1.165, 1.54) is 0 Å². The van der Waals surface area contributed by atoms with E-state index in [4.69, 9.17) is 9.84 Å². The number of hydrogen-bond acceptors (Lipinski definition) is 3. The SMILES string of the molecule is COc1cc(Br)cc(C)c1NC(=O)CCCO. The first-order valence-corrected chi connectivity index (χ1v) is 6.12. The molecule has 0 heterocycles. The van der Waals surface area contributed by atoms with Gasteiger partial charge < -0.3 is 15.2 Å². The summed E-state index contributed by atoms with van der Waals surface area (Å²) in [4.78, 5) is 11.6. The Balaban J connectivity index is 2.86. The maximum absolute atomic E-state index is 11.6. The van der Waals surface area contributed by atoms with Gasteiger partial charge in [0.1, 0.15) is 5.75 Å². The number of anilines is 1. The first kappa shape index (κ1) is 14.0. The van der Waals surface area contributed by atoms with Crippen molar-refractivity contribution in [2.24, 2.45) is 0 Å². The van der Waals surface area contributed by atoms with Gasteiger partial charge in [0.05, 0.1) is 12.8 Å². The van der Waals surface area contributed by atoms with Crippen molar-refractivity contribution >= 4 is 27.5 Å². The molecule has 0 atom stereocenters. The lowest BCUT2D eigenvalue weighted by molar-refractivity contribution is -0.116. The van der Waals surface area contributed by atoms with Crippen LogP contribution in [0.25, 0.3) is 0 Å². The summed E-state index contributed by atoms with van der Waals surface area (Å²) in [7, 11) is 1.56. The van der Waals surface area contributed by atoms with E-state index in [9.17, 15) is 4.79 Å². The Morgan fingerprint density at radius 1 is 1.53 bits per heavy atom. The van der Waals surface area contributed by atoms with E-state index < -0.39 is 0 Å². The van der Waals surface area contributed by atoms with Gasteiger partial charge in [-0.3, -0.25) is 4.79 Å². The maximum atomic E-state index is 11.6. The number of carbonyl (C=O) groups is 1. The van der Waals surface area contributed by atoms with Gasteiger partial charge in [0.25, 0.3) is 0 Å². The number of amides is 1. The van der Waals surface area contributed by atoms with Crippen molar-refractivity contribution in [3.8, 4) is 5.75 Å². The van der Waals surface area contributed by atoms with Gasteiger partial charge in [-0.05, 0) is 31.0 Å². The minimum absolute atomic E-state index is 0.0177. The highest BCUT2D eigenvalue weighted by Crippen LogP contribution is 2.32. The lowest BCUT2D eigenvalue weighted by atomic mass is 10.1. The first-order valence-electron chi connectivity index (χ1n) is 5.33. The highest BCUT2D eigenvalue weighted by molar-refractivity contribution is 9.10. The van der Waals surface area contributed by atoms with E-state index >= 15 is 0 Å². The van der Waals surface area contributed by atoms with Crippen LogP contribution in [0.15, 0.2) is 16.6 Å². The number of rotatable bonds is 5. The molecule has 0 aliphatic carbocycles. The van der Waals surface area contributed by atoms with Crippen LogP contribution in [0.4, 0.5) is 5.69 Å². The zero-order chi connectivity index (χ0) is 12.8. The third-order valence-electron chi connectivity index (χ3n) is 2.31. The van der Waals surface area contributed by atoms with Crippen molar-refractivity contribution in [3.63, 3.8) is 0 Å². The number of aliphatic hydroxyl groups is 1. The Hall–Kier alpha value is -1.07. The number of aryl methyl sites for hydroxylation is 1. The Kier molecular flexibility index (Phi) is 5.44. The van der Waals surface area contributed by atoms with Gasteiger partial charge in [-0.25, -0.2) is 0 Å². The molecule has 0 fully saturated rings. The second-order valence-corrected chi connectivity index (χ2v) is 4.59. The van der Waals surface area contributed by atoms with E-state index in [-0.39, 0.29) is 12.5 Å². The largest absolute Gasteiger partial charge is 0.495 e. The van der Waals surface area contributed by atoms with Crippen LogP contribution in [0.5, 0.6) is 5.75 Å². The number of methoxy groups -OCH3 is 1. The molecule has 17 heavy (non-hydrogen) atoms. The molecule has 1 aromatic carbocycles. The zero-order valence-electron chi connectivity index (χ0n) is 9.92. The normalized spacial score (nSPS) is 10.1. The molecule has 94 valence electrons. The second-order valence-electron chi connectivity index (χ2n) is 3.68. The fourth-order valence-corrected chi connectivity index (χ4v) is 2.03. The van der Waals surface area contributed by atoms with Gasteiger partial charge in [0, 0.05) is 17.5 Å². The van der Waals surface area contributed by atoms with Gasteiger partial charge in [0.2, 0.25) is 5.91 Å². The first-order chi connectivity index (χ1) is 8.08. The molecule has 0 saturated carbocycles. The number of halogens is 1. The monoisotopic (exact) mass is 301 g/mol. The molecule has 1 rings (SSSR count). The lowest BCUT2D eigenvalue weighted by Crippen LogP contribution is -2.13. The Bertz CT molecular complexity index is 407. The molecule has 0 aliphatic heterocycles. The Labute approximate surface area is 109 Å². The minimum atomic E-state index is -0.122. The molecule has 5 heteroatoms. The fourth-order valence-electron chi connectivity index (χ4n) is 1.48. The molecule has 1 aromatic rings. The smallest absolute Gasteiger partial charge is 0.224 e. The van der Waals surface area contributed by atoms with Crippen molar-refractivity contribution in [1.29, 1.82) is 0 Å². The lowest BCUT2D eigenvalue weighted by Gasteiger charge is -2.13. The molecule has 0 aromatic heterocycles. The summed E-state index contributed by atoms with van der Waals surface area (Å²) < 4.78 is 6.12. The molecule has 0 unspecified atom stereocenters. The molecular formula is C12H16BrNO3. The second kappa shape index (κ2) is 6.61. The summed E-state index contributed by atoms with van der Waals surface area (Å²) in [5.41, 5.74) is 1.60. The standard InChI is InChI=1S/C12H16BrNO3/c1-8-6-9(13)7-10(17-2)12(8)14-11(16)4-3-5-15/h6-7,15H,3-5H2,1-2H3,(H,14,16). The summed E-state index contributed by atoms with van der Waals surface area (Å²) in [6.07, 6.45) is 0.763. The summed E-state index contributed by atoms with van der Waals surface area (Å²) in [5.74, 6) is 0.497. The fraction of sp³-hybridized carbons (Fsp3) is 0.417.